The minimum Gasteiger partial charge on any atom is -0.469 e. The molecule has 0 aliphatic carbocycles. The number of ether oxygens (including phenoxy) is 1. The lowest BCUT2D eigenvalue weighted by Gasteiger charge is -2.13. The van der Waals surface area contributed by atoms with Gasteiger partial charge in [0.25, 0.3) is 5.91 Å². The summed E-state index contributed by atoms with van der Waals surface area (Å²) in [6, 6.07) is 2.14. The third-order valence-electron chi connectivity index (χ3n) is 4.21. The Hall–Kier alpha value is -2.91. The van der Waals surface area contributed by atoms with E-state index < -0.39 is 11.7 Å². The fraction of sp³-hybridized carbons (Fsp3) is 0.474. The molecule has 1 N–H and O–H groups in total. The Morgan fingerprint density at radius 3 is 2.48 bits per heavy atom. The van der Waals surface area contributed by atoms with Crippen LogP contribution in [0, 0.1) is 0 Å². The van der Waals surface area contributed by atoms with Crippen molar-refractivity contribution >= 4 is 11.9 Å². The second-order valence-corrected chi connectivity index (χ2v) is 6.70. The SMILES string of the molecule is COC(=O)CCCCNC(=O)c1cnn(-c2ccc(C(F)(F)F)cn2)c1C(C)C. The second-order valence-electron chi connectivity index (χ2n) is 6.70. The number of alkyl halides is 3. The Bertz CT molecular complexity index is 845. The van der Waals surface area contributed by atoms with Crippen molar-refractivity contribution in [2.75, 3.05) is 13.7 Å². The van der Waals surface area contributed by atoms with Gasteiger partial charge in [-0.25, -0.2) is 9.67 Å². The van der Waals surface area contributed by atoms with Crippen LogP contribution in [0.15, 0.2) is 24.5 Å². The van der Waals surface area contributed by atoms with E-state index >= 15 is 0 Å². The van der Waals surface area contributed by atoms with E-state index in [-0.39, 0.29) is 30.0 Å². The van der Waals surface area contributed by atoms with Crippen LogP contribution in [0.3, 0.4) is 0 Å². The number of nitrogens with zero attached hydrogens (tertiary/aromatic N) is 3. The number of methoxy groups -OCH3 is 1. The standard InChI is InChI=1S/C19H23F3N4O3/c1-12(2)17-14(18(28)23-9-5-4-6-16(27)29-3)11-25-26(17)15-8-7-13(10-24-15)19(20,21)22/h7-8,10-12H,4-6,9H2,1-3H3,(H,23,28). The largest absolute Gasteiger partial charge is 0.469 e. The molecule has 0 aliphatic heterocycles. The topological polar surface area (TPSA) is 86.1 Å². The van der Waals surface area contributed by atoms with Crippen LogP contribution in [0.4, 0.5) is 13.2 Å². The number of hydrogen-bond acceptors (Lipinski definition) is 5. The number of unbranched alkanes of at least 4 members (excludes halogenated alkanes) is 1. The van der Waals surface area contributed by atoms with E-state index in [1.165, 1.54) is 24.1 Å². The smallest absolute Gasteiger partial charge is 0.417 e. The molecule has 0 aromatic carbocycles. The molecule has 29 heavy (non-hydrogen) atoms. The Labute approximate surface area is 166 Å². The van der Waals surface area contributed by atoms with Crippen LogP contribution in [-0.4, -0.2) is 40.3 Å². The van der Waals surface area contributed by atoms with Gasteiger partial charge in [0.15, 0.2) is 5.82 Å². The third kappa shape index (κ3) is 5.78. The maximum absolute atomic E-state index is 12.7. The summed E-state index contributed by atoms with van der Waals surface area (Å²) in [5, 5.41) is 6.92. The normalized spacial score (nSPS) is 11.6. The lowest BCUT2D eigenvalue weighted by atomic mass is 10.1. The first kappa shape index (κ1) is 22.4. The molecule has 2 aromatic rings. The monoisotopic (exact) mass is 412 g/mol. The number of hydrogen-bond donors (Lipinski definition) is 1. The van der Waals surface area contributed by atoms with Crippen molar-refractivity contribution in [1.82, 2.24) is 20.1 Å². The van der Waals surface area contributed by atoms with Gasteiger partial charge in [0.1, 0.15) is 0 Å². The van der Waals surface area contributed by atoms with E-state index in [1.807, 2.05) is 13.8 Å². The summed E-state index contributed by atoms with van der Waals surface area (Å²) in [4.78, 5) is 27.4. The van der Waals surface area contributed by atoms with Crippen LogP contribution >= 0.6 is 0 Å². The average molecular weight is 412 g/mol. The number of carbonyl (C=O) groups is 2. The van der Waals surface area contributed by atoms with Gasteiger partial charge in [-0.3, -0.25) is 9.59 Å². The summed E-state index contributed by atoms with van der Waals surface area (Å²) in [7, 11) is 1.32. The van der Waals surface area contributed by atoms with Gasteiger partial charge in [0.2, 0.25) is 0 Å². The van der Waals surface area contributed by atoms with E-state index in [4.69, 9.17) is 0 Å². The zero-order chi connectivity index (χ0) is 21.6. The average Bonchev–Trinajstić information content (AvgIpc) is 3.12. The lowest BCUT2D eigenvalue weighted by Crippen LogP contribution is -2.25. The fourth-order valence-corrected chi connectivity index (χ4v) is 2.74. The molecule has 0 aliphatic rings. The molecule has 158 valence electrons. The van der Waals surface area contributed by atoms with Gasteiger partial charge in [-0.1, -0.05) is 13.8 Å². The Morgan fingerprint density at radius 2 is 1.93 bits per heavy atom. The number of amides is 1. The summed E-state index contributed by atoms with van der Waals surface area (Å²) in [6.45, 7) is 4.08. The highest BCUT2D eigenvalue weighted by Gasteiger charge is 2.31. The predicted molar refractivity (Wildman–Crippen MR) is 98.7 cm³/mol. The van der Waals surface area contributed by atoms with Crippen molar-refractivity contribution in [2.45, 2.75) is 45.2 Å². The molecule has 0 atom stereocenters. The van der Waals surface area contributed by atoms with E-state index in [1.54, 1.807) is 0 Å². The van der Waals surface area contributed by atoms with Crippen LogP contribution in [-0.2, 0) is 15.7 Å². The molecule has 0 unspecified atom stereocenters. The van der Waals surface area contributed by atoms with Gasteiger partial charge in [0.05, 0.1) is 30.1 Å². The maximum Gasteiger partial charge on any atom is 0.417 e. The molecule has 1 amide bonds. The van der Waals surface area contributed by atoms with Gasteiger partial charge in [-0.2, -0.15) is 18.3 Å². The van der Waals surface area contributed by atoms with Crippen molar-refractivity contribution in [3.8, 4) is 5.82 Å². The number of esters is 1. The molecule has 2 heterocycles. The number of halogens is 3. The van der Waals surface area contributed by atoms with Gasteiger partial charge in [-0.05, 0) is 30.9 Å². The zero-order valence-corrected chi connectivity index (χ0v) is 16.4. The van der Waals surface area contributed by atoms with Gasteiger partial charge in [0, 0.05) is 19.2 Å². The quantitative estimate of drug-likeness (QED) is 0.530. The molecule has 0 saturated heterocycles. The molecular weight excluding hydrogens is 389 g/mol. The first-order valence-electron chi connectivity index (χ1n) is 9.11. The van der Waals surface area contributed by atoms with Crippen LogP contribution in [0.5, 0.6) is 0 Å². The molecule has 0 spiro atoms. The van der Waals surface area contributed by atoms with Crippen LogP contribution in [0.1, 0.15) is 60.6 Å². The molecule has 2 rings (SSSR count). The Kier molecular flexibility index (Phi) is 7.35. The van der Waals surface area contributed by atoms with E-state index in [0.717, 1.165) is 12.3 Å². The highest BCUT2D eigenvalue weighted by Crippen LogP contribution is 2.29. The number of nitrogens with one attached hydrogen (secondary N) is 1. The predicted octanol–water partition coefficient (Wildman–Crippen LogP) is 3.48. The highest BCUT2D eigenvalue weighted by molar-refractivity contribution is 5.95. The van der Waals surface area contributed by atoms with Crippen molar-refractivity contribution in [1.29, 1.82) is 0 Å². The number of aromatic nitrogens is 3. The van der Waals surface area contributed by atoms with Gasteiger partial charge in [-0.15, -0.1) is 0 Å². The van der Waals surface area contributed by atoms with Crippen LogP contribution in [0.25, 0.3) is 5.82 Å². The molecule has 0 saturated carbocycles. The molecule has 0 radical (unpaired) electrons. The first-order valence-corrected chi connectivity index (χ1v) is 9.11. The lowest BCUT2D eigenvalue weighted by molar-refractivity contribution is -0.140. The van der Waals surface area contributed by atoms with Crippen molar-refractivity contribution in [3.05, 3.63) is 41.3 Å². The third-order valence-corrected chi connectivity index (χ3v) is 4.21. The Balaban J connectivity index is 2.12. The van der Waals surface area contributed by atoms with Crippen molar-refractivity contribution in [3.63, 3.8) is 0 Å². The van der Waals surface area contributed by atoms with Gasteiger partial charge >= 0.3 is 12.1 Å². The van der Waals surface area contributed by atoms with Crippen molar-refractivity contribution < 1.29 is 27.5 Å². The highest BCUT2D eigenvalue weighted by atomic mass is 19.4. The zero-order valence-electron chi connectivity index (χ0n) is 16.4. The molecule has 7 nitrogen and oxygen atoms in total. The molecule has 10 heteroatoms. The van der Waals surface area contributed by atoms with Crippen molar-refractivity contribution in [2.24, 2.45) is 0 Å². The summed E-state index contributed by atoms with van der Waals surface area (Å²) < 4.78 is 44.1. The number of carbonyl (C=O) groups excluding carboxylic acids is 2. The van der Waals surface area contributed by atoms with Gasteiger partial charge < -0.3 is 10.1 Å². The summed E-state index contributed by atoms with van der Waals surface area (Å²) in [5.41, 5.74) is 0.0170. The fourth-order valence-electron chi connectivity index (χ4n) is 2.74. The molecule has 0 fully saturated rings. The Morgan fingerprint density at radius 1 is 1.21 bits per heavy atom. The summed E-state index contributed by atoms with van der Waals surface area (Å²) in [6.07, 6.45) is -0.900. The molecular formula is C19H23F3N4O3. The maximum atomic E-state index is 12.7. The van der Waals surface area contributed by atoms with Crippen LogP contribution < -0.4 is 5.32 Å². The van der Waals surface area contributed by atoms with E-state index in [2.05, 4.69) is 20.1 Å². The van der Waals surface area contributed by atoms with Crippen LogP contribution in [0.2, 0.25) is 0 Å². The van der Waals surface area contributed by atoms with E-state index in [0.29, 0.717) is 30.6 Å². The minimum absolute atomic E-state index is 0.123. The number of pyridine rings is 1. The molecule has 0 bridgehead atoms. The molecule has 2 aromatic heterocycles. The summed E-state index contributed by atoms with van der Waals surface area (Å²) in [5.74, 6) is -0.575. The van der Waals surface area contributed by atoms with E-state index in [9.17, 15) is 22.8 Å². The summed E-state index contributed by atoms with van der Waals surface area (Å²) >= 11 is 0. The second kappa shape index (κ2) is 9.53. The minimum atomic E-state index is -4.48. The first-order chi connectivity index (χ1) is 13.6. The number of rotatable bonds is 8.